The zero-order chi connectivity index (χ0) is 12.6. The first-order chi connectivity index (χ1) is 8.00. The van der Waals surface area contributed by atoms with Crippen LogP contribution in [0.2, 0.25) is 0 Å². The van der Waals surface area contributed by atoms with E-state index >= 15 is 0 Å². The fourth-order valence-corrected chi connectivity index (χ4v) is 1.35. The van der Waals surface area contributed by atoms with Gasteiger partial charge in [0.25, 0.3) is 5.69 Å². The van der Waals surface area contributed by atoms with Gasteiger partial charge in [-0.15, -0.1) is 5.10 Å². The third-order valence-electron chi connectivity index (χ3n) is 2.30. The normalized spacial score (nSPS) is 10.5. The molecule has 0 aliphatic carbocycles. The summed E-state index contributed by atoms with van der Waals surface area (Å²) >= 11 is 0. The summed E-state index contributed by atoms with van der Waals surface area (Å²) in [5.74, 6) is -0.574. The zero-order valence-corrected chi connectivity index (χ0v) is 8.79. The van der Waals surface area contributed by atoms with Gasteiger partial charge in [0.15, 0.2) is 11.6 Å². The molecule has 0 unspecified atom stereocenters. The molecule has 0 spiro atoms. The molecule has 0 aliphatic rings. The van der Waals surface area contributed by atoms with Gasteiger partial charge in [-0.3, -0.25) is 10.1 Å². The molecule has 0 fully saturated rings. The smallest absolute Gasteiger partial charge is 0.272 e. The summed E-state index contributed by atoms with van der Waals surface area (Å²) in [5.41, 5.74) is 5.70. The molecule has 0 atom stereocenters. The Hall–Kier alpha value is -2.51. The van der Waals surface area contributed by atoms with Gasteiger partial charge >= 0.3 is 0 Å². The molecular weight excluding hydrogens is 229 g/mol. The molecule has 8 heteroatoms. The minimum Gasteiger partial charge on any atom is -0.381 e. The summed E-state index contributed by atoms with van der Waals surface area (Å²) in [6, 6.07) is 3.27. The van der Waals surface area contributed by atoms with E-state index in [1.54, 1.807) is 6.92 Å². The van der Waals surface area contributed by atoms with Crippen molar-refractivity contribution in [1.29, 1.82) is 0 Å². The first-order valence-electron chi connectivity index (χ1n) is 4.63. The van der Waals surface area contributed by atoms with Gasteiger partial charge in [-0.2, -0.15) is 0 Å². The van der Waals surface area contributed by atoms with Gasteiger partial charge in [-0.25, -0.2) is 9.07 Å². The van der Waals surface area contributed by atoms with Crippen molar-refractivity contribution in [3.8, 4) is 5.69 Å². The van der Waals surface area contributed by atoms with E-state index in [2.05, 4.69) is 10.3 Å². The van der Waals surface area contributed by atoms with Crippen molar-refractivity contribution in [3.05, 3.63) is 39.8 Å². The minimum atomic E-state index is -0.757. The first kappa shape index (κ1) is 11.0. The number of nitro groups is 1. The van der Waals surface area contributed by atoms with Crippen LogP contribution < -0.4 is 5.73 Å². The highest BCUT2D eigenvalue weighted by atomic mass is 19.1. The molecule has 2 N–H and O–H groups in total. The van der Waals surface area contributed by atoms with Crippen LogP contribution in [-0.2, 0) is 0 Å². The lowest BCUT2D eigenvalue weighted by atomic mass is 10.2. The lowest BCUT2D eigenvalue weighted by Gasteiger charge is -2.04. The number of nitrogen functional groups attached to an aromatic ring is 1. The largest absolute Gasteiger partial charge is 0.381 e. The Bertz CT molecular complexity index is 595. The third kappa shape index (κ3) is 1.80. The molecule has 0 amide bonds. The van der Waals surface area contributed by atoms with Crippen LogP contribution in [0.25, 0.3) is 5.69 Å². The number of rotatable bonds is 2. The Morgan fingerprint density at radius 2 is 2.24 bits per heavy atom. The van der Waals surface area contributed by atoms with Crippen LogP contribution in [-0.4, -0.2) is 19.9 Å². The Labute approximate surface area is 94.8 Å². The molecule has 0 saturated carbocycles. The van der Waals surface area contributed by atoms with E-state index in [4.69, 9.17) is 5.73 Å². The molecule has 88 valence electrons. The van der Waals surface area contributed by atoms with Crippen molar-refractivity contribution in [2.45, 2.75) is 6.92 Å². The van der Waals surface area contributed by atoms with Crippen molar-refractivity contribution in [1.82, 2.24) is 15.0 Å². The second-order valence-corrected chi connectivity index (χ2v) is 3.36. The van der Waals surface area contributed by atoms with E-state index < -0.39 is 10.7 Å². The summed E-state index contributed by atoms with van der Waals surface area (Å²) in [6.07, 6.45) is 0. The highest BCUT2D eigenvalue weighted by Gasteiger charge is 2.15. The summed E-state index contributed by atoms with van der Waals surface area (Å²) in [4.78, 5) is 9.78. The summed E-state index contributed by atoms with van der Waals surface area (Å²) < 4.78 is 14.8. The van der Waals surface area contributed by atoms with Crippen LogP contribution in [0, 0.1) is 22.9 Å². The fraction of sp³-hybridized carbons (Fsp3) is 0.111. The molecule has 0 aliphatic heterocycles. The maximum absolute atomic E-state index is 13.7. The van der Waals surface area contributed by atoms with Crippen LogP contribution in [0.3, 0.4) is 0 Å². The topological polar surface area (TPSA) is 99.9 Å². The average Bonchev–Trinajstić information content (AvgIpc) is 2.60. The van der Waals surface area contributed by atoms with Crippen LogP contribution in [0.4, 0.5) is 15.9 Å². The highest BCUT2D eigenvalue weighted by Crippen LogP contribution is 2.21. The van der Waals surface area contributed by atoms with Crippen LogP contribution in [0.5, 0.6) is 0 Å². The second kappa shape index (κ2) is 3.81. The van der Waals surface area contributed by atoms with Crippen LogP contribution in [0.1, 0.15) is 5.69 Å². The molecule has 17 heavy (non-hydrogen) atoms. The minimum absolute atomic E-state index is 0.0669. The standard InChI is InChI=1S/C9H8FN5O2/c1-5-9(11)12-13-14(5)8-3-2-6(15(16)17)4-7(8)10/h2-4H,11H2,1H3. The number of nitrogens with two attached hydrogens (primary N) is 1. The van der Waals surface area contributed by atoms with Crippen LogP contribution >= 0.6 is 0 Å². The third-order valence-corrected chi connectivity index (χ3v) is 2.30. The number of nitrogens with zero attached hydrogens (tertiary/aromatic N) is 4. The number of anilines is 1. The molecule has 0 bridgehead atoms. The molecule has 7 nitrogen and oxygen atoms in total. The van der Waals surface area contributed by atoms with Gasteiger partial charge in [0.05, 0.1) is 16.7 Å². The number of aromatic nitrogens is 3. The maximum atomic E-state index is 13.7. The van der Waals surface area contributed by atoms with E-state index in [1.165, 1.54) is 16.8 Å². The lowest BCUT2D eigenvalue weighted by molar-refractivity contribution is -0.385. The number of hydrogen-bond acceptors (Lipinski definition) is 5. The van der Waals surface area contributed by atoms with Crippen molar-refractivity contribution >= 4 is 11.5 Å². The quantitative estimate of drug-likeness (QED) is 0.624. The van der Waals surface area contributed by atoms with E-state index in [0.717, 1.165) is 6.07 Å². The highest BCUT2D eigenvalue weighted by molar-refractivity contribution is 5.45. The van der Waals surface area contributed by atoms with Crippen molar-refractivity contribution in [2.24, 2.45) is 0 Å². The number of benzene rings is 1. The van der Waals surface area contributed by atoms with Gasteiger partial charge in [0.2, 0.25) is 0 Å². The molecular formula is C9H8FN5O2. The van der Waals surface area contributed by atoms with Gasteiger partial charge in [-0.05, 0) is 13.0 Å². The number of nitro benzene ring substituents is 1. The number of hydrogen-bond donors (Lipinski definition) is 1. The van der Waals surface area contributed by atoms with Crippen molar-refractivity contribution in [3.63, 3.8) is 0 Å². The van der Waals surface area contributed by atoms with Crippen LogP contribution in [0.15, 0.2) is 18.2 Å². The van der Waals surface area contributed by atoms with Crippen molar-refractivity contribution < 1.29 is 9.31 Å². The van der Waals surface area contributed by atoms with E-state index in [0.29, 0.717) is 5.69 Å². The Balaban J connectivity index is 2.54. The summed E-state index contributed by atoms with van der Waals surface area (Å²) in [5, 5.41) is 17.7. The Morgan fingerprint density at radius 1 is 1.53 bits per heavy atom. The van der Waals surface area contributed by atoms with Crippen molar-refractivity contribution in [2.75, 3.05) is 5.73 Å². The Morgan fingerprint density at radius 3 is 2.71 bits per heavy atom. The predicted octanol–water partition coefficient (Wildman–Crippen LogP) is 1.21. The van der Waals surface area contributed by atoms with E-state index in [1.807, 2.05) is 0 Å². The molecule has 1 heterocycles. The number of halogens is 1. The van der Waals surface area contributed by atoms with Gasteiger partial charge in [-0.1, -0.05) is 5.21 Å². The molecule has 1 aromatic carbocycles. The van der Waals surface area contributed by atoms with E-state index in [9.17, 15) is 14.5 Å². The van der Waals surface area contributed by atoms with Gasteiger partial charge < -0.3 is 5.73 Å². The maximum Gasteiger partial charge on any atom is 0.272 e. The monoisotopic (exact) mass is 237 g/mol. The molecule has 0 saturated heterocycles. The second-order valence-electron chi connectivity index (χ2n) is 3.36. The summed E-state index contributed by atoms with van der Waals surface area (Å²) in [7, 11) is 0. The number of non-ortho nitro benzene ring substituents is 1. The molecule has 2 rings (SSSR count). The van der Waals surface area contributed by atoms with E-state index in [-0.39, 0.29) is 17.2 Å². The molecule has 1 aromatic heterocycles. The van der Waals surface area contributed by atoms with Gasteiger partial charge in [0.1, 0.15) is 5.69 Å². The Kier molecular flexibility index (Phi) is 2.47. The molecule has 0 radical (unpaired) electrons. The fourth-order valence-electron chi connectivity index (χ4n) is 1.35. The predicted molar refractivity (Wildman–Crippen MR) is 57.1 cm³/mol. The SMILES string of the molecule is Cc1c(N)nnn1-c1ccc([N+](=O)[O-])cc1F. The lowest BCUT2D eigenvalue weighted by Crippen LogP contribution is -2.03. The molecule has 2 aromatic rings. The summed E-state index contributed by atoms with van der Waals surface area (Å²) in [6.45, 7) is 1.62. The first-order valence-corrected chi connectivity index (χ1v) is 4.63. The average molecular weight is 237 g/mol. The zero-order valence-electron chi connectivity index (χ0n) is 8.79. The van der Waals surface area contributed by atoms with Gasteiger partial charge in [0, 0.05) is 6.07 Å².